The minimum absolute atomic E-state index is 0.431. The van der Waals surface area contributed by atoms with Gasteiger partial charge in [0.05, 0.1) is 0 Å². The van der Waals surface area contributed by atoms with Crippen LogP contribution >= 0.6 is 27.3 Å². The van der Waals surface area contributed by atoms with Crippen LogP contribution in [0.25, 0.3) is 0 Å². The molecule has 2 aliphatic rings. The number of rotatable bonds is 3. The van der Waals surface area contributed by atoms with Crippen LogP contribution in [0.1, 0.15) is 43.9 Å². The predicted octanol–water partition coefficient (Wildman–Crippen LogP) is 4.01. The van der Waals surface area contributed by atoms with Crippen molar-refractivity contribution < 1.29 is 0 Å². The second kappa shape index (κ2) is 5.84. The van der Waals surface area contributed by atoms with Crippen LogP contribution in [0.3, 0.4) is 0 Å². The van der Waals surface area contributed by atoms with Crippen molar-refractivity contribution in [2.24, 2.45) is 0 Å². The second-order valence-corrected chi connectivity index (χ2v) is 7.98. The van der Waals surface area contributed by atoms with Gasteiger partial charge < -0.3 is 5.32 Å². The lowest BCUT2D eigenvalue weighted by atomic mass is 9.91. The Balaban J connectivity index is 1.71. The molecule has 1 aromatic heterocycles. The largest absolute Gasteiger partial charge is 0.308 e. The van der Waals surface area contributed by atoms with Gasteiger partial charge in [0.1, 0.15) is 0 Å². The van der Waals surface area contributed by atoms with Crippen molar-refractivity contribution in [1.82, 2.24) is 10.2 Å². The van der Waals surface area contributed by atoms with E-state index in [1.807, 2.05) is 11.3 Å². The first-order valence-corrected chi connectivity index (χ1v) is 9.10. The maximum absolute atomic E-state index is 3.87. The fourth-order valence-corrected chi connectivity index (χ4v) is 5.12. The Kier molecular flexibility index (Phi) is 4.32. The van der Waals surface area contributed by atoms with Gasteiger partial charge in [-0.2, -0.15) is 0 Å². The maximum atomic E-state index is 3.87. The smallest absolute Gasteiger partial charge is 0.0332 e. The Morgan fingerprint density at radius 2 is 2.26 bits per heavy atom. The van der Waals surface area contributed by atoms with Crippen molar-refractivity contribution in [2.45, 2.75) is 57.2 Å². The highest BCUT2D eigenvalue weighted by Crippen LogP contribution is 2.34. The first-order valence-electron chi connectivity index (χ1n) is 7.43. The van der Waals surface area contributed by atoms with Crippen molar-refractivity contribution in [1.29, 1.82) is 0 Å². The van der Waals surface area contributed by atoms with E-state index < -0.39 is 0 Å². The summed E-state index contributed by atoms with van der Waals surface area (Å²) in [7, 11) is 0. The molecule has 2 nitrogen and oxygen atoms in total. The number of thiophene rings is 1. The van der Waals surface area contributed by atoms with E-state index in [0.29, 0.717) is 11.6 Å². The van der Waals surface area contributed by atoms with E-state index in [2.05, 4.69) is 44.5 Å². The fraction of sp³-hybridized carbons (Fsp3) is 0.733. The summed E-state index contributed by atoms with van der Waals surface area (Å²) in [5.41, 5.74) is 0.431. The Bertz CT molecular complexity index is 426. The highest BCUT2D eigenvalue weighted by Gasteiger charge is 2.40. The summed E-state index contributed by atoms with van der Waals surface area (Å²) in [6.07, 6.45) is 6.79. The Morgan fingerprint density at radius 1 is 1.47 bits per heavy atom. The van der Waals surface area contributed by atoms with E-state index in [1.54, 1.807) is 0 Å². The predicted molar refractivity (Wildman–Crippen MR) is 85.7 cm³/mol. The van der Waals surface area contributed by atoms with Gasteiger partial charge in [-0.05, 0) is 41.3 Å². The van der Waals surface area contributed by atoms with Gasteiger partial charge in [0, 0.05) is 45.9 Å². The molecule has 1 saturated carbocycles. The molecule has 3 rings (SSSR count). The minimum atomic E-state index is 0.431. The molecule has 1 aliphatic carbocycles. The lowest BCUT2D eigenvalue weighted by Crippen LogP contribution is -2.62. The summed E-state index contributed by atoms with van der Waals surface area (Å²) in [5, 5.41) is 6.07. The first-order chi connectivity index (χ1) is 9.21. The van der Waals surface area contributed by atoms with Crippen molar-refractivity contribution >= 4 is 27.3 Å². The molecule has 1 aromatic rings. The summed E-state index contributed by atoms with van der Waals surface area (Å²) in [4.78, 5) is 4.21. The Morgan fingerprint density at radius 3 is 2.89 bits per heavy atom. The molecule has 2 heterocycles. The van der Waals surface area contributed by atoms with Crippen LogP contribution in [0, 0.1) is 0 Å². The van der Waals surface area contributed by atoms with Gasteiger partial charge in [-0.15, -0.1) is 11.3 Å². The van der Waals surface area contributed by atoms with E-state index in [4.69, 9.17) is 0 Å². The third kappa shape index (κ3) is 3.07. The molecule has 4 heteroatoms. The number of halogens is 1. The summed E-state index contributed by atoms with van der Waals surface area (Å²) < 4.78 is 1.23. The third-order valence-electron chi connectivity index (χ3n) is 4.75. The number of piperazine rings is 1. The van der Waals surface area contributed by atoms with Gasteiger partial charge in [-0.25, -0.2) is 0 Å². The molecule has 1 N–H and O–H groups in total. The number of nitrogens with one attached hydrogen (secondary N) is 1. The van der Waals surface area contributed by atoms with Gasteiger partial charge in [0.15, 0.2) is 0 Å². The molecule has 0 amide bonds. The van der Waals surface area contributed by atoms with Crippen molar-refractivity contribution in [3.05, 3.63) is 20.8 Å². The minimum Gasteiger partial charge on any atom is -0.308 e. The standard InChI is InChI=1S/C15H23BrN2S/c1-2-13-8-17-15(5-3-4-6-15)11-18(13)9-14-7-12(16)10-19-14/h7,10,13,17H,2-6,8-9,11H2,1H3. The average molecular weight is 343 g/mol. The SMILES string of the molecule is CCC1CNC2(CCCC2)CN1Cc1cc(Br)cs1. The zero-order chi connectivity index (χ0) is 13.3. The molecule has 106 valence electrons. The summed E-state index contributed by atoms with van der Waals surface area (Å²) in [6.45, 7) is 5.85. The molecule has 0 radical (unpaired) electrons. The zero-order valence-electron chi connectivity index (χ0n) is 11.6. The molecular formula is C15H23BrN2S. The maximum Gasteiger partial charge on any atom is 0.0332 e. The topological polar surface area (TPSA) is 15.3 Å². The first kappa shape index (κ1) is 14.1. The van der Waals surface area contributed by atoms with Gasteiger partial charge in [-0.1, -0.05) is 19.8 Å². The molecule has 1 saturated heterocycles. The van der Waals surface area contributed by atoms with Gasteiger partial charge in [-0.3, -0.25) is 4.90 Å². The van der Waals surface area contributed by atoms with Crippen molar-refractivity contribution in [3.8, 4) is 0 Å². The van der Waals surface area contributed by atoms with Crippen LogP contribution < -0.4 is 5.32 Å². The Hall–Kier alpha value is 0.1000. The molecule has 1 aliphatic heterocycles. The Labute approximate surface area is 128 Å². The van der Waals surface area contributed by atoms with Gasteiger partial charge in [0.2, 0.25) is 0 Å². The van der Waals surface area contributed by atoms with Crippen LogP contribution in [0.15, 0.2) is 15.9 Å². The number of nitrogens with zero attached hydrogens (tertiary/aromatic N) is 1. The summed E-state index contributed by atoms with van der Waals surface area (Å²) >= 11 is 5.45. The molecule has 1 spiro atoms. The molecule has 1 unspecified atom stereocenters. The lowest BCUT2D eigenvalue weighted by molar-refractivity contribution is 0.0727. The van der Waals surface area contributed by atoms with Crippen LogP contribution in [0.4, 0.5) is 0 Å². The highest BCUT2D eigenvalue weighted by molar-refractivity contribution is 9.10. The molecular weight excluding hydrogens is 320 g/mol. The van der Waals surface area contributed by atoms with E-state index in [-0.39, 0.29) is 0 Å². The van der Waals surface area contributed by atoms with Crippen LogP contribution in [-0.2, 0) is 6.54 Å². The normalized spacial score (nSPS) is 27.2. The van der Waals surface area contributed by atoms with E-state index in [9.17, 15) is 0 Å². The number of hydrogen-bond donors (Lipinski definition) is 1. The fourth-order valence-electron chi connectivity index (χ4n) is 3.65. The molecule has 2 fully saturated rings. The van der Waals surface area contributed by atoms with E-state index >= 15 is 0 Å². The van der Waals surface area contributed by atoms with Crippen molar-refractivity contribution in [3.63, 3.8) is 0 Å². The molecule has 0 bridgehead atoms. The van der Waals surface area contributed by atoms with Crippen LogP contribution in [-0.4, -0.2) is 29.6 Å². The zero-order valence-corrected chi connectivity index (χ0v) is 14.0. The lowest BCUT2D eigenvalue weighted by Gasteiger charge is -2.46. The number of hydrogen-bond acceptors (Lipinski definition) is 3. The van der Waals surface area contributed by atoms with Crippen molar-refractivity contribution in [2.75, 3.05) is 13.1 Å². The highest BCUT2D eigenvalue weighted by atomic mass is 79.9. The quantitative estimate of drug-likeness (QED) is 0.892. The van der Waals surface area contributed by atoms with E-state index in [1.165, 1.54) is 54.5 Å². The van der Waals surface area contributed by atoms with Gasteiger partial charge >= 0.3 is 0 Å². The molecule has 1 atom stereocenters. The van der Waals surface area contributed by atoms with Crippen LogP contribution in [0.5, 0.6) is 0 Å². The third-order valence-corrected chi connectivity index (χ3v) is 6.43. The average Bonchev–Trinajstić information content (AvgIpc) is 3.00. The summed E-state index contributed by atoms with van der Waals surface area (Å²) in [6, 6.07) is 2.98. The molecule has 0 aromatic carbocycles. The monoisotopic (exact) mass is 342 g/mol. The van der Waals surface area contributed by atoms with Gasteiger partial charge in [0.25, 0.3) is 0 Å². The second-order valence-electron chi connectivity index (χ2n) is 6.07. The van der Waals surface area contributed by atoms with Crippen LogP contribution in [0.2, 0.25) is 0 Å². The van der Waals surface area contributed by atoms with E-state index in [0.717, 1.165) is 6.54 Å². The molecule has 19 heavy (non-hydrogen) atoms. The summed E-state index contributed by atoms with van der Waals surface area (Å²) in [5.74, 6) is 0.